The van der Waals surface area contributed by atoms with E-state index in [1.54, 1.807) is 0 Å². The molecule has 2 aliphatic rings. The van der Waals surface area contributed by atoms with Crippen LogP contribution in [0.15, 0.2) is 0 Å². The Morgan fingerprint density at radius 2 is 1.92 bits per heavy atom. The van der Waals surface area contributed by atoms with Crippen molar-refractivity contribution < 1.29 is 14.8 Å². The lowest BCUT2D eigenvalue weighted by Crippen LogP contribution is -2.30. The van der Waals surface area contributed by atoms with Crippen molar-refractivity contribution in [3.63, 3.8) is 0 Å². The molecule has 3 atom stereocenters. The summed E-state index contributed by atoms with van der Waals surface area (Å²) in [5.74, 6) is 0.369. The SMILES string of the molecule is OB(O)[C@H]1CO[C@H]2CCCC[C@H]21. The summed E-state index contributed by atoms with van der Waals surface area (Å²) in [5.41, 5.74) is 0. The molecule has 0 aromatic rings. The van der Waals surface area contributed by atoms with Gasteiger partial charge in [0.25, 0.3) is 0 Å². The minimum absolute atomic E-state index is 0.0321. The second kappa shape index (κ2) is 3.36. The summed E-state index contributed by atoms with van der Waals surface area (Å²) in [6.07, 6.45) is 4.97. The first-order valence-electron chi connectivity index (χ1n) is 4.77. The average molecular weight is 170 g/mol. The third kappa shape index (κ3) is 1.39. The highest BCUT2D eigenvalue weighted by Gasteiger charge is 2.43. The fraction of sp³-hybridized carbons (Fsp3) is 1.00. The minimum Gasteiger partial charge on any atom is -0.427 e. The summed E-state index contributed by atoms with van der Waals surface area (Å²) < 4.78 is 5.51. The van der Waals surface area contributed by atoms with Gasteiger partial charge in [0.05, 0.1) is 6.10 Å². The zero-order valence-electron chi connectivity index (χ0n) is 7.15. The van der Waals surface area contributed by atoms with E-state index in [0.29, 0.717) is 18.6 Å². The van der Waals surface area contributed by atoms with Gasteiger partial charge >= 0.3 is 7.12 Å². The maximum atomic E-state index is 9.07. The molecule has 1 aliphatic heterocycles. The van der Waals surface area contributed by atoms with Gasteiger partial charge in [-0.25, -0.2) is 0 Å². The smallest absolute Gasteiger partial charge is 0.427 e. The van der Waals surface area contributed by atoms with Gasteiger partial charge in [0.1, 0.15) is 0 Å². The number of hydrogen-bond acceptors (Lipinski definition) is 3. The van der Waals surface area contributed by atoms with Crippen LogP contribution < -0.4 is 0 Å². The maximum Gasteiger partial charge on any atom is 0.457 e. The first kappa shape index (κ1) is 8.54. The van der Waals surface area contributed by atoms with Crippen molar-refractivity contribution in [2.75, 3.05) is 6.61 Å². The molecule has 0 aromatic carbocycles. The topological polar surface area (TPSA) is 49.7 Å². The van der Waals surface area contributed by atoms with Crippen LogP contribution in [0.25, 0.3) is 0 Å². The van der Waals surface area contributed by atoms with Crippen LogP contribution in [-0.2, 0) is 4.74 Å². The van der Waals surface area contributed by atoms with Gasteiger partial charge in [-0.15, -0.1) is 0 Å². The number of hydrogen-bond donors (Lipinski definition) is 2. The van der Waals surface area contributed by atoms with E-state index in [1.807, 2.05) is 0 Å². The molecule has 2 fully saturated rings. The molecule has 2 N–H and O–H groups in total. The first-order chi connectivity index (χ1) is 5.79. The largest absolute Gasteiger partial charge is 0.457 e. The molecule has 0 spiro atoms. The van der Waals surface area contributed by atoms with E-state index in [2.05, 4.69) is 0 Å². The molecule has 1 saturated heterocycles. The molecule has 1 aliphatic carbocycles. The lowest BCUT2D eigenvalue weighted by molar-refractivity contribution is 0.0663. The fourth-order valence-corrected chi connectivity index (χ4v) is 2.49. The summed E-state index contributed by atoms with van der Waals surface area (Å²) >= 11 is 0. The van der Waals surface area contributed by atoms with Crippen molar-refractivity contribution in [1.29, 1.82) is 0 Å². The van der Waals surface area contributed by atoms with Crippen molar-refractivity contribution in [1.82, 2.24) is 0 Å². The van der Waals surface area contributed by atoms with Crippen LogP contribution in [0.2, 0.25) is 5.82 Å². The van der Waals surface area contributed by atoms with E-state index >= 15 is 0 Å². The standard InChI is InChI=1S/C8H15BO3/c10-9(11)7-5-12-8-4-2-1-3-6(7)8/h6-8,10-11H,1-5H2/t6-,7-,8-/m0/s1. The molecule has 0 radical (unpaired) electrons. The van der Waals surface area contributed by atoms with Gasteiger partial charge in [-0.1, -0.05) is 12.8 Å². The van der Waals surface area contributed by atoms with Crippen molar-refractivity contribution in [3.8, 4) is 0 Å². The molecule has 1 heterocycles. The molecule has 1 saturated carbocycles. The lowest BCUT2D eigenvalue weighted by Gasteiger charge is -2.26. The van der Waals surface area contributed by atoms with Crippen LogP contribution in [0, 0.1) is 5.92 Å². The molecule has 0 aromatic heterocycles. The van der Waals surface area contributed by atoms with E-state index in [4.69, 9.17) is 14.8 Å². The van der Waals surface area contributed by atoms with Crippen molar-refractivity contribution >= 4 is 7.12 Å². The van der Waals surface area contributed by atoms with Crippen LogP contribution in [-0.4, -0.2) is 29.9 Å². The van der Waals surface area contributed by atoms with Crippen molar-refractivity contribution in [2.24, 2.45) is 5.92 Å². The summed E-state index contributed by atoms with van der Waals surface area (Å²) in [6.45, 7) is 0.535. The van der Waals surface area contributed by atoms with Gasteiger partial charge in [0.15, 0.2) is 0 Å². The van der Waals surface area contributed by atoms with E-state index in [0.717, 1.165) is 12.8 Å². The third-order valence-electron chi connectivity index (χ3n) is 3.19. The van der Waals surface area contributed by atoms with Crippen LogP contribution in [0.3, 0.4) is 0 Å². The molecule has 0 amide bonds. The van der Waals surface area contributed by atoms with E-state index in [1.165, 1.54) is 12.8 Å². The highest BCUT2D eigenvalue weighted by Crippen LogP contribution is 2.41. The second-order valence-electron chi connectivity index (χ2n) is 3.90. The van der Waals surface area contributed by atoms with E-state index in [-0.39, 0.29) is 5.82 Å². The molecule has 2 rings (SSSR count). The summed E-state index contributed by atoms with van der Waals surface area (Å²) in [4.78, 5) is 0. The summed E-state index contributed by atoms with van der Waals surface area (Å²) in [7, 11) is -1.18. The van der Waals surface area contributed by atoms with Crippen molar-refractivity contribution in [3.05, 3.63) is 0 Å². The summed E-state index contributed by atoms with van der Waals surface area (Å²) in [6, 6.07) is 0. The Morgan fingerprint density at radius 3 is 2.67 bits per heavy atom. The molecular formula is C8H15BO3. The predicted octanol–water partition coefficient (Wildman–Crippen LogP) is 0.418. The minimum atomic E-state index is -1.18. The maximum absolute atomic E-state index is 9.07. The quantitative estimate of drug-likeness (QED) is 0.560. The highest BCUT2D eigenvalue weighted by molar-refractivity contribution is 6.43. The zero-order chi connectivity index (χ0) is 8.55. The molecular weight excluding hydrogens is 155 g/mol. The molecule has 0 bridgehead atoms. The second-order valence-corrected chi connectivity index (χ2v) is 3.90. The number of rotatable bonds is 1. The van der Waals surface area contributed by atoms with Crippen LogP contribution in [0.1, 0.15) is 25.7 Å². The molecule has 68 valence electrons. The normalized spacial score (nSPS) is 41.0. The monoisotopic (exact) mass is 170 g/mol. The van der Waals surface area contributed by atoms with Crippen molar-refractivity contribution in [2.45, 2.75) is 37.6 Å². The fourth-order valence-electron chi connectivity index (χ4n) is 2.49. The molecule has 12 heavy (non-hydrogen) atoms. The Bertz CT molecular complexity index is 162. The predicted molar refractivity (Wildman–Crippen MR) is 45.6 cm³/mol. The number of ether oxygens (including phenoxy) is 1. The van der Waals surface area contributed by atoms with Crippen LogP contribution >= 0.6 is 0 Å². The average Bonchev–Trinajstić information content (AvgIpc) is 2.47. The Kier molecular flexibility index (Phi) is 2.39. The Balaban J connectivity index is 2.01. The molecule has 4 heteroatoms. The lowest BCUT2D eigenvalue weighted by atomic mass is 9.63. The Labute approximate surface area is 72.9 Å². The van der Waals surface area contributed by atoms with Gasteiger partial charge in [0.2, 0.25) is 0 Å². The first-order valence-corrected chi connectivity index (χ1v) is 4.77. The van der Waals surface area contributed by atoms with E-state index < -0.39 is 7.12 Å². The van der Waals surface area contributed by atoms with Gasteiger partial charge < -0.3 is 14.8 Å². The third-order valence-corrected chi connectivity index (χ3v) is 3.19. The molecule has 3 nitrogen and oxygen atoms in total. The van der Waals surface area contributed by atoms with Gasteiger partial charge in [-0.05, 0) is 18.8 Å². The number of fused-ring (bicyclic) bond motifs is 1. The zero-order valence-corrected chi connectivity index (χ0v) is 7.15. The summed E-state index contributed by atoms with van der Waals surface area (Å²) in [5, 5.41) is 18.1. The van der Waals surface area contributed by atoms with Gasteiger partial charge in [-0.3, -0.25) is 0 Å². The Morgan fingerprint density at radius 1 is 1.17 bits per heavy atom. The van der Waals surface area contributed by atoms with E-state index in [9.17, 15) is 0 Å². The van der Waals surface area contributed by atoms with Crippen LogP contribution in [0.5, 0.6) is 0 Å². The Hall–Kier alpha value is -0.0551. The van der Waals surface area contributed by atoms with Gasteiger partial charge in [-0.2, -0.15) is 0 Å². The van der Waals surface area contributed by atoms with Crippen LogP contribution in [0.4, 0.5) is 0 Å². The highest BCUT2D eigenvalue weighted by atomic mass is 16.5. The van der Waals surface area contributed by atoms with Gasteiger partial charge in [0, 0.05) is 12.4 Å². The molecule has 0 unspecified atom stereocenters.